The van der Waals surface area contributed by atoms with Crippen molar-refractivity contribution in [3.05, 3.63) is 58.1 Å². The maximum atomic E-state index is 12.9. The van der Waals surface area contributed by atoms with Gasteiger partial charge in [0.2, 0.25) is 11.8 Å². The van der Waals surface area contributed by atoms with Crippen LogP contribution in [0.3, 0.4) is 0 Å². The summed E-state index contributed by atoms with van der Waals surface area (Å²) in [6.45, 7) is 2.11. The van der Waals surface area contributed by atoms with Gasteiger partial charge in [-0.3, -0.25) is 14.5 Å². The van der Waals surface area contributed by atoms with Crippen molar-refractivity contribution in [1.82, 2.24) is 0 Å². The van der Waals surface area contributed by atoms with Crippen LogP contribution in [0.4, 0.5) is 5.69 Å². The number of anilines is 1. The maximum absolute atomic E-state index is 12.9. The van der Waals surface area contributed by atoms with Crippen molar-refractivity contribution >= 4 is 46.7 Å². The third-order valence-electron chi connectivity index (χ3n) is 5.62. The molecular weight excluding hydrogens is 413 g/mol. The normalized spacial score (nSPS) is 23.8. The van der Waals surface area contributed by atoms with Crippen molar-refractivity contribution in [3.8, 4) is 5.75 Å². The Hall–Kier alpha value is -2.37. The van der Waals surface area contributed by atoms with Gasteiger partial charge in [-0.1, -0.05) is 36.2 Å². The minimum Gasteiger partial charge on any atom is -0.421 e. The van der Waals surface area contributed by atoms with Crippen molar-refractivity contribution in [2.24, 2.45) is 17.8 Å². The number of amides is 2. The number of hydrogen-bond donors (Lipinski definition) is 0. The first kappa shape index (κ1) is 19.9. The van der Waals surface area contributed by atoms with Crippen molar-refractivity contribution in [1.29, 1.82) is 0 Å². The lowest BCUT2D eigenvalue weighted by Gasteiger charge is -2.25. The molecule has 0 bridgehead atoms. The first-order valence-corrected chi connectivity index (χ1v) is 10.3. The Labute approximate surface area is 178 Å². The zero-order chi connectivity index (χ0) is 20.7. The molecule has 1 aliphatic heterocycles. The fraction of sp³-hybridized carbons (Fsp3) is 0.318. The van der Waals surface area contributed by atoms with Crippen LogP contribution in [-0.4, -0.2) is 17.8 Å². The summed E-state index contributed by atoms with van der Waals surface area (Å²) >= 11 is 11.9. The molecule has 1 aliphatic carbocycles. The number of rotatable bonds is 3. The predicted molar refractivity (Wildman–Crippen MR) is 110 cm³/mol. The van der Waals surface area contributed by atoms with Crippen molar-refractivity contribution < 1.29 is 19.1 Å². The molecule has 2 amide bonds. The van der Waals surface area contributed by atoms with E-state index in [9.17, 15) is 14.4 Å². The molecule has 0 spiro atoms. The number of halogens is 2. The lowest BCUT2D eigenvalue weighted by atomic mass is 9.76. The number of benzene rings is 2. The second-order valence-corrected chi connectivity index (χ2v) is 8.50. The van der Waals surface area contributed by atoms with Crippen LogP contribution in [0.2, 0.25) is 10.0 Å². The maximum Gasteiger partial charge on any atom is 0.343 e. The first-order chi connectivity index (χ1) is 13.8. The highest BCUT2D eigenvalue weighted by Gasteiger charge is 2.50. The highest BCUT2D eigenvalue weighted by molar-refractivity contribution is 6.35. The number of ether oxygens (including phenoxy) is 1. The van der Waals surface area contributed by atoms with E-state index in [1.165, 1.54) is 23.1 Å². The van der Waals surface area contributed by atoms with Gasteiger partial charge in [0.05, 0.1) is 28.1 Å². The van der Waals surface area contributed by atoms with Gasteiger partial charge in [-0.05, 0) is 61.6 Å². The molecular formula is C22H19Cl2NO4. The summed E-state index contributed by atoms with van der Waals surface area (Å²) in [5, 5.41) is 0.642. The summed E-state index contributed by atoms with van der Waals surface area (Å²) in [6, 6.07) is 10.9. The van der Waals surface area contributed by atoms with E-state index in [2.05, 4.69) is 6.92 Å². The lowest BCUT2D eigenvalue weighted by Crippen LogP contribution is -2.31. The van der Waals surface area contributed by atoms with Gasteiger partial charge in [0.1, 0.15) is 5.75 Å². The minimum absolute atomic E-state index is 0.180. The zero-order valence-corrected chi connectivity index (χ0v) is 17.2. The molecule has 2 fully saturated rings. The summed E-state index contributed by atoms with van der Waals surface area (Å²) < 4.78 is 5.35. The minimum atomic E-state index is -0.638. The standard InChI is InChI=1S/C22H19Cl2NO4/c1-12-5-7-16-17(9-12)21(27)25(20(16)26)15-4-2-3-13(10-15)22(28)29-19-8-6-14(23)11-18(19)24/h2-4,6,8,10-12,16-17H,5,7,9H2,1H3. The van der Waals surface area contributed by atoms with Gasteiger partial charge in [0.25, 0.3) is 0 Å². The molecule has 1 saturated carbocycles. The monoisotopic (exact) mass is 431 g/mol. The van der Waals surface area contributed by atoms with Gasteiger partial charge >= 0.3 is 5.97 Å². The highest BCUT2D eigenvalue weighted by Crippen LogP contribution is 2.42. The molecule has 0 aromatic heterocycles. The molecule has 2 aromatic carbocycles. The molecule has 0 N–H and O–H groups in total. The third kappa shape index (κ3) is 3.77. The molecule has 1 heterocycles. The van der Waals surface area contributed by atoms with E-state index >= 15 is 0 Å². The summed E-state index contributed by atoms with van der Waals surface area (Å²) in [4.78, 5) is 39.6. The number of esters is 1. The largest absolute Gasteiger partial charge is 0.421 e. The summed E-state index contributed by atoms with van der Waals surface area (Å²) in [6.07, 6.45) is 2.40. The van der Waals surface area contributed by atoms with Crippen LogP contribution in [0.1, 0.15) is 36.5 Å². The van der Waals surface area contributed by atoms with Crippen LogP contribution < -0.4 is 9.64 Å². The molecule has 4 rings (SSSR count). The van der Waals surface area contributed by atoms with E-state index in [0.29, 0.717) is 16.6 Å². The van der Waals surface area contributed by atoms with E-state index in [-0.39, 0.29) is 40.0 Å². The molecule has 5 nitrogen and oxygen atoms in total. The highest BCUT2D eigenvalue weighted by atomic mass is 35.5. The second kappa shape index (κ2) is 7.81. The Kier molecular flexibility index (Phi) is 5.36. The quantitative estimate of drug-likeness (QED) is 0.383. The molecule has 150 valence electrons. The van der Waals surface area contributed by atoms with E-state index in [1.54, 1.807) is 24.3 Å². The van der Waals surface area contributed by atoms with Gasteiger partial charge in [-0.15, -0.1) is 0 Å². The molecule has 1 saturated heterocycles. The average molecular weight is 432 g/mol. The first-order valence-electron chi connectivity index (χ1n) is 9.50. The van der Waals surface area contributed by atoms with Crippen LogP contribution >= 0.6 is 23.2 Å². The molecule has 0 radical (unpaired) electrons. The van der Waals surface area contributed by atoms with Gasteiger partial charge in [0.15, 0.2) is 0 Å². The van der Waals surface area contributed by atoms with E-state index < -0.39 is 5.97 Å². The van der Waals surface area contributed by atoms with Gasteiger partial charge in [-0.2, -0.15) is 0 Å². The van der Waals surface area contributed by atoms with Crippen LogP contribution in [0.5, 0.6) is 5.75 Å². The van der Waals surface area contributed by atoms with E-state index in [4.69, 9.17) is 27.9 Å². The molecule has 3 atom stereocenters. The molecule has 7 heteroatoms. The fourth-order valence-electron chi connectivity index (χ4n) is 4.13. The Balaban J connectivity index is 1.58. The molecule has 3 unspecified atom stereocenters. The van der Waals surface area contributed by atoms with Gasteiger partial charge < -0.3 is 4.74 Å². The lowest BCUT2D eigenvalue weighted by molar-refractivity contribution is -0.122. The Morgan fingerprint density at radius 3 is 2.55 bits per heavy atom. The van der Waals surface area contributed by atoms with Crippen molar-refractivity contribution in [2.45, 2.75) is 26.2 Å². The van der Waals surface area contributed by atoms with Gasteiger partial charge in [0, 0.05) is 5.02 Å². The SMILES string of the molecule is CC1CCC2C(=O)N(c3cccc(C(=O)Oc4ccc(Cl)cc4Cl)c3)C(=O)C2C1. The number of carbonyl (C=O) groups is 3. The summed E-state index contributed by atoms with van der Waals surface area (Å²) in [5.74, 6) is -0.924. The topological polar surface area (TPSA) is 63.7 Å². The Morgan fingerprint density at radius 1 is 1.03 bits per heavy atom. The number of fused-ring (bicyclic) bond motifs is 1. The van der Waals surface area contributed by atoms with Crippen molar-refractivity contribution in [3.63, 3.8) is 0 Å². The van der Waals surface area contributed by atoms with Crippen LogP contribution in [0, 0.1) is 17.8 Å². The zero-order valence-electron chi connectivity index (χ0n) is 15.7. The van der Waals surface area contributed by atoms with Crippen molar-refractivity contribution in [2.75, 3.05) is 4.90 Å². The Morgan fingerprint density at radius 2 is 1.79 bits per heavy atom. The number of imide groups is 1. The Bertz CT molecular complexity index is 1010. The second-order valence-electron chi connectivity index (χ2n) is 7.66. The van der Waals surface area contributed by atoms with Gasteiger partial charge in [-0.25, -0.2) is 4.79 Å². The average Bonchev–Trinajstić information content (AvgIpc) is 2.94. The van der Waals surface area contributed by atoms with E-state index in [0.717, 1.165) is 19.3 Å². The summed E-state index contributed by atoms with van der Waals surface area (Å²) in [7, 11) is 0. The number of hydrogen-bond acceptors (Lipinski definition) is 4. The van der Waals surface area contributed by atoms with Crippen LogP contribution in [0.15, 0.2) is 42.5 Å². The van der Waals surface area contributed by atoms with Crippen LogP contribution in [-0.2, 0) is 9.59 Å². The molecule has 2 aliphatic rings. The summed E-state index contributed by atoms with van der Waals surface area (Å²) in [5.41, 5.74) is 0.607. The fourth-order valence-corrected chi connectivity index (χ4v) is 4.58. The van der Waals surface area contributed by atoms with E-state index in [1.807, 2.05) is 0 Å². The van der Waals surface area contributed by atoms with Crippen LogP contribution in [0.25, 0.3) is 0 Å². The number of nitrogens with zero attached hydrogens (tertiary/aromatic N) is 1. The third-order valence-corrected chi connectivity index (χ3v) is 6.15. The smallest absolute Gasteiger partial charge is 0.343 e. The molecule has 29 heavy (non-hydrogen) atoms. The molecule has 2 aromatic rings. The number of carbonyl (C=O) groups excluding carboxylic acids is 3. The predicted octanol–water partition coefficient (Wildman–Crippen LogP) is 5.14.